The highest BCUT2D eigenvalue weighted by atomic mass is 79.9. The van der Waals surface area contributed by atoms with Crippen molar-refractivity contribution in [3.05, 3.63) is 58.1 Å². The number of hydrogen-bond donors (Lipinski definition) is 0. The Balaban J connectivity index is 1.84. The minimum atomic E-state index is 0.448. The Kier molecular flexibility index (Phi) is 5.74. The fourth-order valence-electron chi connectivity index (χ4n) is 1.82. The normalized spacial score (nSPS) is 10.3. The monoisotopic (exact) mass is 354 g/mol. The summed E-state index contributed by atoms with van der Waals surface area (Å²) in [7, 11) is 0. The Morgan fingerprint density at radius 2 is 1.85 bits per heavy atom. The van der Waals surface area contributed by atoms with E-state index in [0.29, 0.717) is 19.1 Å². The minimum absolute atomic E-state index is 0.448. The van der Waals surface area contributed by atoms with Crippen LogP contribution < -0.4 is 9.47 Å². The van der Waals surface area contributed by atoms with Crippen LogP contribution >= 0.6 is 27.5 Å². The summed E-state index contributed by atoms with van der Waals surface area (Å²) in [5.74, 6) is 2.09. The summed E-state index contributed by atoms with van der Waals surface area (Å²) in [6, 6.07) is 13.7. The number of rotatable bonds is 6. The molecule has 0 amide bonds. The van der Waals surface area contributed by atoms with Crippen LogP contribution in [0.15, 0.2) is 46.9 Å². The maximum absolute atomic E-state index is 5.91. The molecule has 0 N–H and O–H groups in total. The van der Waals surface area contributed by atoms with E-state index in [1.165, 1.54) is 5.56 Å². The Labute approximate surface area is 132 Å². The Hall–Kier alpha value is -1.19. The van der Waals surface area contributed by atoms with E-state index in [-0.39, 0.29) is 0 Å². The molecule has 0 fully saturated rings. The zero-order valence-corrected chi connectivity index (χ0v) is 13.6. The zero-order chi connectivity index (χ0) is 14.4. The fourth-order valence-corrected chi connectivity index (χ4v) is 2.41. The maximum atomic E-state index is 5.91. The van der Waals surface area contributed by atoms with E-state index >= 15 is 0 Å². The van der Waals surface area contributed by atoms with Gasteiger partial charge < -0.3 is 9.47 Å². The van der Waals surface area contributed by atoms with Crippen LogP contribution in [0.25, 0.3) is 0 Å². The molecule has 2 rings (SSSR count). The van der Waals surface area contributed by atoms with Gasteiger partial charge in [0.15, 0.2) is 0 Å². The summed E-state index contributed by atoms with van der Waals surface area (Å²) in [4.78, 5) is 0. The van der Waals surface area contributed by atoms with Gasteiger partial charge >= 0.3 is 0 Å². The summed E-state index contributed by atoms with van der Waals surface area (Å²) in [5.41, 5.74) is 2.19. The smallest absolute Gasteiger partial charge is 0.123 e. The largest absolute Gasteiger partial charge is 0.490 e. The molecule has 0 aliphatic carbocycles. The van der Waals surface area contributed by atoms with Gasteiger partial charge in [0.05, 0.1) is 5.88 Å². The van der Waals surface area contributed by atoms with Crippen molar-refractivity contribution in [1.29, 1.82) is 0 Å². The molecule has 0 saturated heterocycles. The van der Waals surface area contributed by atoms with Crippen molar-refractivity contribution >= 4 is 27.5 Å². The van der Waals surface area contributed by atoms with Gasteiger partial charge in [-0.15, -0.1) is 11.6 Å². The van der Waals surface area contributed by atoms with Gasteiger partial charge in [-0.2, -0.15) is 0 Å². The van der Waals surface area contributed by atoms with Crippen LogP contribution in [0, 0.1) is 6.92 Å². The van der Waals surface area contributed by atoms with Gasteiger partial charge in [-0.05, 0) is 31.2 Å². The lowest BCUT2D eigenvalue weighted by atomic mass is 10.1. The first kappa shape index (κ1) is 15.2. The summed E-state index contributed by atoms with van der Waals surface area (Å²) in [5, 5.41) is 0. The first-order chi connectivity index (χ1) is 9.69. The summed E-state index contributed by atoms with van der Waals surface area (Å²) in [6.45, 7) is 3.02. The molecule has 20 heavy (non-hydrogen) atoms. The fraction of sp³-hybridized carbons (Fsp3) is 0.250. The number of aryl methyl sites for hydroxylation is 1. The highest BCUT2D eigenvalue weighted by Crippen LogP contribution is 2.22. The van der Waals surface area contributed by atoms with Crippen molar-refractivity contribution in [2.24, 2.45) is 0 Å². The molecule has 0 unspecified atom stereocenters. The average Bonchev–Trinajstić information content (AvgIpc) is 2.45. The van der Waals surface area contributed by atoms with Crippen LogP contribution in [0.5, 0.6) is 11.5 Å². The van der Waals surface area contributed by atoms with Gasteiger partial charge in [0.2, 0.25) is 0 Å². The average molecular weight is 356 g/mol. The van der Waals surface area contributed by atoms with Gasteiger partial charge in [0.25, 0.3) is 0 Å². The van der Waals surface area contributed by atoms with E-state index in [1.54, 1.807) is 0 Å². The van der Waals surface area contributed by atoms with E-state index in [4.69, 9.17) is 21.1 Å². The molecule has 0 saturated carbocycles. The molecule has 2 aromatic carbocycles. The summed E-state index contributed by atoms with van der Waals surface area (Å²) >= 11 is 9.32. The van der Waals surface area contributed by atoms with E-state index in [2.05, 4.69) is 15.9 Å². The van der Waals surface area contributed by atoms with Gasteiger partial charge in [-0.1, -0.05) is 39.7 Å². The lowest BCUT2D eigenvalue weighted by molar-refractivity contribution is 0.216. The molecule has 0 aliphatic rings. The molecular weight excluding hydrogens is 340 g/mol. The molecule has 2 nitrogen and oxygen atoms in total. The molecule has 0 aliphatic heterocycles. The zero-order valence-electron chi connectivity index (χ0n) is 11.2. The Morgan fingerprint density at radius 1 is 1.05 bits per heavy atom. The second-order valence-electron chi connectivity index (χ2n) is 4.40. The molecule has 2 aromatic rings. The molecule has 0 radical (unpaired) electrons. The van der Waals surface area contributed by atoms with Gasteiger partial charge in [-0.25, -0.2) is 0 Å². The maximum Gasteiger partial charge on any atom is 0.123 e. The SMILES string of the molecule is Cc1ccc(OCCOc2cccc(Br)c2)c(CCl)c1. The molecule has 106 valence electrons. The van der Waals surface area contributed by atoms with Crippen LogP contribution in [-0.4, -0.2) is 13.2 Å². The van der Waals surface area contributed by atoms with Crippen molar-refractivity contribution in [1.82, 2.24) is 0 Å². The van der Waals surface area contributed by atoms with Crippen LogP contribution in [-0.2, 0) is 5.88 Å². The van der Waals surface area contributed by atoms with E-state index in [1.807, 2.05) is 49.4 Å². The van der Waals surface area contributed by atoms with Crippen molar-refractivity contribution < 1.29 is 9.47 Å². The molecule has 0 aromatic heterocycles. The van der Waals surface area contributed by atoms with E-state index < -0.39 is 0 Å². The summed E-state index contributed by atoms with van der Waals surface area (Å²) in [6.07, 6.45) is 0. The van der Waals surface area contributed by atoms with E-state index in [0.717, 1.165) is 21.5 Å². The highest BCUT2D eigenvalue weighted by molar-refractivity contribution is 9.10. The number of hydrogen-bond acceptors (Lipinski definition) is 2. The first-order valence-corrected chi connectivity index (χ1v) is 7.68. The molecule has 0 heterocycles. The lowest BCUT2D eigenvalue weighted by Crippen LogP contribution is -2.09. The predicted octanol–water partition coefficient (Wildman–Crippen LogP) is 4.95. The predicted molar refractivity (Wildman–Crippen MR) is 85.9 cm³/mol. The number of benzene rings is 2. The highest BCUT2D eigenvalue weighted by Gasteiger charge is 2.03. The third-order valence-corrected chi connectivity index (χ3v) is 3.55. The van der Waals surface area contributed by atoms with Gasteiger partial charge in [0, 0.05) is 10.0 Å². The summed E-state index contributed by atoms with van der Waals surface area (Å²) < 4.78 is 12.3. The van der Waals surface area contributed by atoms with Crippen LogP contribution in [0.3, 0.4) is 0 Å². The van der Waals surface area contributed by atoms with Crippen molar-refractivity contribution in [3.63, 3.8) is 0 Å². The molecular formula is C16H16BrClO2. The van der Waals surface area contributed by atoms with Crippen LogP contribution in [0.2, 0.25) is 0 Å². The number of ether oxygens (including phenoxy) is 2. The minimum Gasteiger partial charge on any atom is -0.490 e. The Bertz CT molecular complexity index is 572. The van der Waals surface area contributed by atoms with Gasteiger partial charge in [-0.3, -0.25) is 0 Å². The van der Waals surface area contributed by atoms with Crippen molar-refractivity contribution in [3.8, 4) is 11.5 Å². The molecule has 0 bridgehead atoms. The standard InChI is InChI=1S/C16H16BrClO2/c1-12-5-6-16(13(9-12)11-18)20-8-7-19-15-4-2-3-14(17)10-15/h2-6,9-10H,7-8,11H2,1H3. The van der Waals surface area contributed by atoms with Crippen LogP contribution in [0.1, 0.15) is 11.1 Å². The van der Waals surface area contributed by atoms with Crippen molar-refractivity contribution in [2.75, 3.05) is 13.2 Å². The topological polar surface area (TPSA) is 18.5 Å². The molecule has 0 atom stereocenters. The quantitative estimate of drug-likeness (QED) is 0.539. The third-order valence-electron chi connectivity index (χ3n) is 2.77. The molecule has 0 spiro atoms. The van der Waals surface area contributed by atoms with Crippen molar-refractivity contribution in [2.45, 2.75) is 12.8 Å². The lowest BCUT2D eigenvalue weighted by Gasteiger charge is -2.11. The molecule has 4 heteroatoms. The second-order valence-corrected chi connectivity index (χ2v) is 5.58. The number of alkyl halides is 1. The second kappa shape index (κ2) is 7.55. The number of halogens is 2. The third kappa shape index (κ3) is 4.43. The first-order valence-electron chi connectivity index (χ1n) is 6.35. The Morgan fingerprint density at radius 3 is 2.60 bits per heavy atom. The van der Waals surface area contributed by atoms with E-state index in [9.17, 15) is 0 Å². The van der Waals surface area contributed by atoms with Crippen LogP contribution in [0.4, 0.5) is 0 Å². The van der Waals surface area contributed by atoms with Gasteiger partial charge in [0.1, 0.15) is 24.7 Å².